The molecular weight excluding hydrogens is 224 g/mol. The summed E-state index contributed by atoms with van der Waals surface area (Å²) in [6, 6.07) is 4.73. The molecule has 6 nitrogen and oxygen atoms in total. The van der Waals surface area contributed by atoms with Crippen molar-refractivity contribution in [2.24, 2.45) is 0 Å². The van der Waals surface area contributed by atoms with E-state index < -0.39 is 10.9 Å². The van der Waals surface area contributed by atoms with E-state index in [9.17, 15) is 14.9 Å². The summed E-state index contributed by atoms with van der Waals surface area (Å²) in [5.74, 6) is -0.440. The number of hydrogen-bond acceptors (Lipinski definition) is 5. The number of nitro benzene ring substituents is 1. The Bertz CT molecular complexity index is 431. The van der Waals surface area contributed by atoms with Gasteiger partial charge in [-0.2, -0.15) is 0 Å². The summed E-state index contributed by atoms with van der Waals surface area (Å²) in [4.78, 5) is 21.5. The molecule has 0 aliphatic carbocycles. The van der Waals surface area contributed by atoms with E-state index in [0.29, 0.717) is 11.3 Å². The molecule has 0 fully saturated rings. The first kappa shape index (κ1) is 13.0. The van der Waals surface area contributed by atoms with Gasteiger partial charge in [0.15, 0.2) is 0 Å². The van der Waals surface area contributed by atoms with Gasteiger partial charge >= 0.3 is 5.97 Å². The molecule has 0 saturated heterocycles. The molecule has 1 aromatic rings. The third-order valence-electron chi connectivity index (χ3n) is 2.16. The number of hydrogen-bond donors (Lipinski definition) is 1. The summed E-state index contributed by atoms with van der Waals surface area (Å²) < 4.78 is 4.73. The van der Waals surface area contributed by atoms with Gasteiger partial charge in [-0.3, -0.25) is 14.9 Å². The van der Waals surface area contributed by atoms with E-state index in [1.165, 1.54) is 6.07 Å². The van der Waals surface area contributed by atoms with Crippen molar-refractivity contribution in [3.8, 4) is 0 Å². The molecule has 0 aliphatic heterocycles. The van der Waals surface area contributed by atoms with Gasteiger partial charge in [0.2, 0.25) is 0 Å². The SMILES string of the molecule is CCOC(=O)CNc1c(C)cccc1[N+](=O)[O-]. The van der Waals surface area contributed by atoms with Crippen LogP contribution < -0.4 is 5.32 Å². The number of carbonyl (C=O) groups excluding carboxylic acids is 1. The Morgan fingerprint density at radius 1 is 1.53 bits per heavy atom. The number of anilines is 1. The highest BCUT2D eigenvalue weighted by Gasteiger charge is 2.15. The lowest BCUT2D eigenvalue weighted by Crippen LogP contribution is -2.17. The second-order valence-corrected chi connectivity index (χ2v) is 3.38. The molecule has 6 heteroatoms. The second-order valence-electron chi connectivity index (χ2n) is 3.38. The average molecular weight is 238 g/mol. The zero-order valence-corrected chi connectivity index (χ0v) is 9.73. The number of esters is 1. The Morgan fingerprint density at radius 2 is 2.24 bits per heavy atom. The first-order valence-electron chi connectivity index (χ1n) is 5.19. The monoisotopic (exact) mass is 238 g/mol. The van der Waals surface area contributed by atoms with E-state index in [4.69, 9.17) is 4.74 Å². The van der Waals surface area contributed by atoms with Gasteiger partial charge in [-0.1, -0.05) is 12.1 Å². The molecule has 0 bridgehead atoms. The predicted octanol–water partition coefficient (Wildman–Crippen LogP) is 1.88. The number of rotatable bonds is 5. The maximum absolute atomic E-state index is 11.2. The molecular formula is C11H14N2O4. The fraction of sp³-hybridized carbons (Fsp3) is 0.364. The quantitative estimate of drug-likeness (QED) is 0.481. The first-order valence-corrected chi connectivity index (χ1v) is 5.19. The standard InChI is InChI=1S/C11H14N2O4/c1-3-17-10(14)7-12-11-8(2)5-4-6-9(11)13(15)16/h4-6,12H,3,7H2,1-2H3. The summed E-state index contributed by atoms with van der Waals surface area (Å²) in [6.07, 6.45) is 0. The number of nitrogens with zero attached hydrogens (tertiary/aromatic N) is 1. The molecule has 1 aromatic carbocycles. The van der Waals surface area contributed by atoms with Crippen LogP contribution in [0.25, 0.3) is 0 Å². The summed E-state index contributed by atoms with van der Waals surface area (Å²) in [5, 5.41) is 13.5. The van der Waals surface area contributed by atoms with Crippen LogP contribution in [0.5, 0.6) is 0 Å². The first-order chi connectivity index (χ1) is 8.06. The van der Waals surface area contributed by atoms with Crippen molar-refractivity contribution >= 4 is 17.3 Å². The minimum Gasteiger partial charge on any atom is -0.465 e. The highest BCUT2D eigenvalue weighted by atomic mass is 16.6. The molecule has 0 atom stereocenters. The fourth-order valence-corrected chi connectivity index (χ4v) is 1.41. The van der Waals surface area contributed by atoms with Gasteiger partial charge in [-0.15, -0.1) is 0 Å². The fourth-order valence-electron chi connectivity index (χ4n) is 1.41. The Kier molecular flexibility index (Phi) is 4.45. The number of para-hydroxylation sites is 1. The Balaban J connectivity index is 2.82. The van der Waals surface area contributed by atoms with Crippen LogP contribution in [-0.2, 0) is 9.53 Å². The molecule has 17 heavy (non-hydrogen) atoms. The van der Waals surface area contributed by atoms with E-state index in [2.05, 4.69) is 5.32 Å². The highest BCUT2D eigenvalue weighted by Crippen LogP contribution is 2.27. The lowest BCUT2D eigenvalue weighted by atomic mass is 10.1. The molecule has 1 N–H and O–H groups in total. The molecule has 0 radical (unpaired) electrons. The van der Waals surface area contributed by atoms with Crippen LogP contribution in [0.4, 0.5) is 11.4 Å². The number of nitro groups is 1. The largest absolute Gasteiger partial charge is 0.465 e. The summed E-state index contributed by atoms with van der Waals surface area (Å²) >= 11 is 0. The van der Waals surface area contributed by atoms with Crippen LogP contribution in [-0.4, -0.2) is 24.0 Å². The van der Waals surface area contributed by atoms with Gasteiger partial charge in [0, 0.05) is 6.07 Å². The van der Waals surface area contributed by atoms with Crippen molar-refractivity contribution in [3.05, 3.63) is 33.9 Å². The molecule has 0 aromatic heterocycles. The predicted molar refractivity (Wildman–Crippen MR) is 63.0 cm³/mol. The Hall–Kier alpha value is -2.11. The topological polar surface area (TPSA) is 81.5 Å². The molecule has 0 spiro atoms. The van der Waals surface area contributed by atoms with E-state index in [1.807, 2.05) is 0 Å². The van der Waals surface area contributed by atoms with Crippen LogP contribution in [0.1, 0.15) is 12.5 Å². The zero-order chi connectivity index (χ0) is 12.8. The molecule has 0 unspecified atom stereocenters. The van der Waals surface area contributed by atoms with Crippen LogP contribution in [0.15, 0.2) is 18.2 Å². The number of ether oxygens (including phenoxy) is 1. The van der Waals surface area contributed by atoms with Gasteiger partial charge in [0.25, 0.3) is 5.69 Å². The Labute approximate surface area is 98.7 Å². The minimum absolute atomic E-state index is 0.0469. The smallest absolute Gasteiger partial charge is 0.325 e. The van der Waals surface area contributed by atoms with Gasteiger partial charge in [0.1, 0.15) is 12.2 Å². The number of nitrogens with one attached hydrogen (secondary N) is 1. The van der Waals surface area contributed by atoms with Crippen LogP contribution in [0, 0.1) is 17.0 Å². The van der Waals surface area contributed by atoms with Crippen molar-refractivity contribution in [2.75, 3.05) is 18.5 Å². The van der Waals surface area contributed by atoms with Crippen molar-refractivity contribution in [1.29, 1.82) is 0 Å². The van der Waals surface area contributed by atoms with Gasteiger partial charge in [0.05, 0.1) is 11.5 Å². The minimum atomic E-state index is -0.486. The number of carbonyl (C=O) groups is 1. The van der Waals surface area contributed by atoms with Crippen LogP contribution in [0.2, 0.25) is 0 Å². The van der Waals surface area contributed by atoms with Crippen molar-refractivity contribution < 1.29 is 14.5 Å². The van der Waals surface area contributed by atoms with Gasteiger partial charge in [-0.25, -0.2) is 0 Å². The lowest BCUT2D eigenvalue weighted by Gasteiger charge is -2.09. The molecule has 92 valence electrons. The van der Waals surface area contributed by atoms with Crippen LogP contribution >= 0.6 is 0 Å². The van der Waals surface area contributed by atoms with E-state index in [1.54, 1.807) is 26.0 Å². The summed E-state index contributed by atoms with van der Waals surface area (Å²) in [5.41, 5.74) is 1.02. The molecule has 0 heterocycles. The van der Waals surface area contributed by atoms with Gasteiger partial charge < -0.3 is 10.1 Å². The third kappa shape index (κ3) is 3.44. The van der Waals surface area contributed by atoms with Crippen molar-refractivity contribution in [2.45, 2.75) is 13.8 Å². The lowest BCUT2D eigenvalue weighted by molar-refractivity contribution is -0.384. The van der Waals surface area contributed by atoms with Gasteiger partial charge in [-0.05, 0) is 19.4 Å². The van der Waals surface area contributed by atoms with E-state index in [0.717, 1.165) is 0 Å². The van der Waals surface area contributed by atoms with E-state index in [-0.39, 0.29) is 18.8 Å². The number of aryl methyl sites for hydroxylation is 1. The van der Waals surface area contributed by atoms with Crippen LogP contribution in [0.3, 0.4) is 0 Å². The normalized spacial score (nSPS) is 9.76. The Morgan fingerprint density at radius 3 is 2.82 bits per heavy atom. The molecule has 1 rings (SSSR count). The van der Waals surface area contributed by atoms with Crippen molar-refractivity contribution in [3.63, 3.8) is 0 Å². The average Bonchev–Trinajstić information content (AvgIpc) is 2.27. The maximum Gasteiger partial charge on any atom is 0.325 e. The number of benzene rings is 1. The zero-order valence-electron chi connectivity index (χ0n) is 9.73. The molecule has 0 saturated carbocycles. The summed E-state index contributed by atoms with van der Waals surface area (Å²) in [6.45, 7) is 3.64. The van der Waals surface area contributed by atoms with Crippen molar-refractivity contribution in [1.82, 2.24) is 0 Å². The highest BCUT2D eigenvalue weighted by molar-refractivity contribution is 5.77. The molecule has 0 amide bonds. The molecule has 0 aliphatic rings. The maximum atomic E-state index is 11.2. The second kappa shape index (κ2) is 5.83. The summed E-state index contributed by atoms with van der Waals surface area (Å²) in [7, 11) is 0. The van der Waals surface area contributed by atoms with E-state index >= 15 is 0 Å². The third-order valence-corrected chi connectivity index (χ3v) is 2.16.